The van der Waals surface area contributed by atoms with Gasteiger partial charge in [0.1, 0.15) is 0 Å². The predicted molar refractivity (Wildman–Crippen MR) is 93.5 cm³/mol. The predicted octanol–water partition coefficient (Wildman–Crippen LogP) is 3.57. The van der Waals surface area contributed by atoms with E-state index in [2.05, 4.69) is 52.4 Å². The van der Waals surface area contributed by atoms with E-state index in [0.29, 0.717) is 0 Å². The third-order valence-corrected chi connectivity index (χ3v) is 4.89. The molecule has 1 aromatic carbocycles. The summed E-state index contributed by atoms with van der Waals surface area (Å²) in [6.45, 7) is 5.34. The third-order valence-electron chi connectivity index (χ3n) is 4.89. The van der Waals surface area contributed by atoms with Crippen LogP contribution in [0.15, 0.2) is 54.3 Å². The Hall–Kier alpha value is -2.05. The first kappa shape index (κ1) is 15.8. The van der Waals surface area contributed by atoms with Crippen molar-refractivity contribution >= 4 is 0 Å². The summed E-state index contributed by atoms with van der Waals surface area (Å²) in [5.41, 5.74) is 2.28. The molecular weight excluding hydrogens is 282 g/mol. The molecule has 3 rings (SSSR count). The summed E-state index contributed by atoms with van der Waals surface area (Å²) < 4.78 is 0. The largest absolute Gasteiger partial charge is 0.372 e. The lowest BCUT2D eigenvalue weighted by atomic mass is 9.93. The van der Waals surface area contributed by atoms with Gasteiger partial charge in [-0.3, -0.25) is 4.90 Å². The Labute approximate surface area is 139 Å². The van der Waals surface area contributed by atoms with Gasteiger partial charge in [-0.05, 0) is 62.2 Å². The van der Waals surface area contributed by atoms with Crippen molar-refractivity contribution in [3.8, 4) is 6.07 Å². The van der Waals surface area contributed by atoms with Crippen molar-refractivity contribution in [2.45, 2.75) is 25.8 Å². The zero-order chi connectivity index (χ0) is 15.9. The standard InChI is InChI=1S/C20H25N3/c21-15-20-7-4-11-22(17-20)12-8-18-9-13-23(14-10-18)16-19-5-2-1-3-6-19/h1-7,11,18H,8-10,12-14,16-17H2. The molecule has 0 unspecified atom stereocenters. The van der Waals surface area contributed by atoms with Gasteiger partial charge in [-0.15, -0.1) is 0 Å². The van der Waals surface area contributed by atoms with Crippen molar-refractivity contribution in [3.63, 3.8) is 0 Å². The van der Waals surface area contributed by atoms with Crippen LogP contribution in [0.3, 0.4) is 0 Å². The molecule has 0 spiro atoms. The van der Waals surface area contributed by atoms with Crippen LogP contribution in [0, 0.1) is 17.2 Å². The Balaban J connectivity index is 1.37. The minimum atomic E-state index is 0.778. The van der Waals surface area contributed by atoms with Crippen LogP contribution < -0.4 is 0 Å². The number of benzene rings is 1. The van der Waals surface area contributed by atoms with Gasteiger partial charge in [-0.2, -0.15) is 5.26 Å². The number of hydrogen-bond acceptors (Lipinski definition) is 3. The maximum absolute atomic E-state index is 8.99. The Kier molecular flexibility index (Phi) is 5.50. The summed E-state index contributed by atoms with van der Waals surface area (Å²) in [4.78, 5) is 4.85. The monoisotopic (exact) mass is 307 g/mol. The lowest BCUT2D eigenvalue weighted by molar-refractivity contribution is 0.166. The molecule has 0 aliphatic carbocycles. The third kappa shape index (κ3) is 4.71. The number of allylic oxidation sites excluding steroid dienone is 2. The lowest BCUT2D eigenvalue weighted by Crippen LogP contribution is -2.34. The molecule has 1 aromatic rings. The molecule has 0 aromatic heterocycles. The zero-order valence-corrected chi connectivity index (χ0v) is 13.7. The average molecular weight is 307 g/mol. The molecule has 0 bridgehead atoms. The van der Waals surface area contributed by atoms with Crippen molar-refractivity contribution in [1.82, 2.24) is 9.80 Å². The van der Waals surface area contributed by atoms with E-state index >= 15 is 0 Å². The fourth-order valence-corrected chi connectivity index (χ4v) is 3.45. The number of likely N-dealkylation sites (tertiary alicyclic amines) is 1. The van der Waals surface area contributed by atoms with Crippen molar-refractivity contribution < 1.29 is 0 Å². The topological polar surface area (TPSA) is 30.3 Å². The van der Waals surface area contributed by atoms with Crippen molar-refractivity contribution in [2.24, 2.45) is 5.92 Å². The molecule has 1 fully saturated rings. The quantitative estimate of drug-likeness (QED) is 0.833. The minimum absolute atomic E-state index is 0.778. The summed E-state index contributed by atoms with van der Waals surface area (Å²) in [5, 5.41) is 8.99. The van der Waals surface area contributed by atoms with Crippen LogP contribution in [0.2, 0.25) is 0 Å². The molecular formula is C20H25N3. The molecule has 120 valence electrons. The van der Waals surface area contributed by atoms with Crippen LogP contribution in [0.1, 0.15) is 24.8 Å². The van der Waals surface area contributed by atoms with Crippen LogP contribution in [0.25, 0.3) is 0 Å². The van der Waals surface area contributed by atoms with Gasteiger partial charge in [-0.25, -0.2) is 0 Å². The molecule has 0 radical (unpaired) electrons. The van der Waals surface area contributed by atoms with Gasteiger partial charge in [0.25, 0.3) is 0 Å². The second kappa shape index (κ2) is 7.99. The van der Waals surface area contributed by atoms with Crippen LogP contribution in [-0.4, -0.2) is 36.0 Å². The first-order valence-electron chi connectivity index (χ1n) is 8.61. The highest BCUT2D eigenvalue weighted by molar-refractivity contribution is 5.30. The number of nitriles is 1. The highest BCUT2D eigenvalue weighted by Crippen LogP contribution is 2.22. The number of nitrogens with zero attached hydrogens (tertiary/aromatic N) is 3. The Morgan fingerprint density at radius 2 is 1.91 bits per heavy atom. The summed E-state index contributed by atoms with van der Waals surface area (Å²) in [5.74, 6) is 0.826. The minimum Gasteiger partial charge on any atom is -0.372 e. The van der Waals surface area contributed by atoms with Gasteiger partial charge in [0.05, 0.1) is 12.6 Å². The van der Waals surface area contributed by atoms with Crippen molar-refractivity contribution in [2.75, 3.05) is 26.2 Å². The first-order chi connectivity index (χ1) is 11.3. The van der Waals surface area contributed by atoms with Crippen LogP contribution in [0.5, 0.6) is 0 Å². The number of rotatable bonds is 5. The van der Waals surface area contributed by atoms with Gasteiger partial charge < -0.3 is 4.90 Å². The van der Waals surface area contributed by atoms with Crippen LogP contribution in [-0.2, 0) is 6.54 Å². The maximum atomic E-state index is 8.99. The SMILES string of the molecule is N#CC1=CC=CN(CCC2CCN(Cc3ccccc3)CC2)C1. The highest BCUT2D eigenvalue weighted by atomic mass is 15.1. The Bertz CT molecular complexity index is 589. The van der Waals surface area contributed by atoms with E-state index in [-0.39, 0.29) is 0 Å². The normalized spacial score (nSPS) is 19.4. The molecule has 2 aliphatic heterocycles. The summed E-state index contributed by atoms with van der Waals surface area (Å²) in [7, 11) is 0. The Morgan fingerprint density at radius 1 is 1.13 bits per heavy atom. The fraction of sp³-hybridized carbons (Fsp3) is 0.450. The van der Waals surface area contributed by atoms with E-state index in [9.17, 15) is 0 Å². The summed E-state index contributed by atoms with van der Waals surface area (Å²) in [6, 6.07) is 13.0. The molecule has 0 N–H and O–H groups in total. The second-order valence-electron chi connectivity index (χ2n) is 6.61. The fourth-order valence-electron chi connectivity index (χ4n) is 3.45. The lowest BCUT2D eigenvalue weighted by Gasteiger charge is -2.33. The van der Waals surface area contributed by atoms with E-state index in [0.717, 1.165) is 31.1 Å². The summed E-state index contributed by atoms with van der Waals surface area (Å²) >= 11 is 0. The van der Waals surface area contributed by atoms with Gasteiger partial charge in [-0.1, -0.05) is 30.3 Å². The smallest absolute Gasteiger partial charge is 0.0966 e. The van der Waals surface area contributed by atoms with Crippen LogP contribution in [0.4, 0.5) is 0 Å². The maximum Gasteiger partial charge on any atom is 0.0966 e. The van der Waals surface area contributed by atoms with Gasteiger partial charge in [0, 0.05) is 18.7 Å². The molecule has 0 amide bonds. The molecule has 3 heteroatoms. The average Bonchev–Trinajstić information content (AvgIpc) is 2.62. The molecule has 1 saturated heterocycles. The molecule has 0 atom stereocenters. The van der Waals surface area contributed by atoms with E-state index in [4.69, 9.17) is 5.26 Å². The van der Waals surface area contributed by atoms with E-state index < -0.39 is 0 Å². The molecule has 23 heavy (non-hydrogen) atoms. The van der Waals surface area contributed by atoms with E-state index in [1.807, 2.05) is 12.2 Å². The second-order valence-corrected chi connectivity index (χ2v) is 6.61. The van der Waals surface area contributed by atoms with Gasteiger partial charge >= 0.3 is 0 Å². The summed E-state index contributed by atoms with van der Waals surface area (Å²) in [6.07, 6.45) is 9.85. The number of piperidine rings is 1. The van der Waals surface area contributed by atoms with Gasteiger partial charge in [0.2, 0.25) is 0 Å². The Morgan fingerprint density at radius 3 is 2.65 bits per heavy atom. The first-order valence-corrected chi connectivity index (χ1v) is 8.61. The number of hydrogen-bond donors (Lipinski definition) is 0. The molecule has 2 heterocycles. The van der Waals surface area contributed by atoms with E-state index in [1.54, 1.807) is 0 Å². The van der Waals surface area contributed by atoms with Gasteiger partial charge in [0.15, 0.2) is 0 Å². The van der Waals surface area contributed by atoms with E-state index in [1.165, 1.54) is 37.9 Å². The molecule has 0 saturated carbocycles. The zero-order valence-electron chi connectivity index (χ0n) is 13.7. The van der Waals surface area contributed by atoms with Crippen LogP contribution >= 0.6 is 0 Å². The molecule has 2 aliphatic rings. The highest BCUT2D eigenvalue weighted by Gasteiger charge is 2.20. The molecule has 3 nitrogen and oxygen atoms in total. The van der Waals surface area contributed by atoms with Crippen molar-refractivity contribution in [1.29, 1.82) is 5.26 Å². The van der Waals surface area contributed by atoms with Crippen molar-refractivity contribution in [3.05, 3.63) is 59.8 Å².